The van der Waals surface area contributed by atoms with Crippen molar-refractivity contribution in [1.82, 2.24) is 9.97 Å². The molecule has 8 aromatic carbocycles. The van der Waals surface area contributed by atoms with E-state index >= 15 is 0 Å². The minimum Gasteiger partial charge on any atom is -0.228 e. The molecule has 0 unspecified atom stereocenters. The highest BCUT2D eigenvalue weighted by Crippen LogP contribution is 2.40. The van der Waals surface area contributed by atoms with Crippen LogP contribution in [0.2, 0.25) is 0 Å². The Balaban J connectivity index is 1.20. The standard InChI is InChI=1S/C46H30N2/c1-3-11-31(12-4-1)32-19-21-33(22-20-32)34-23-25-36(26-24-34)43-30-44(48-46(47-43)37-14-5-2-6-15-37)45-40-18-10-8-16-38(40)29-42-39-17-9-7-13-35(39)27-28-41(42)45/h1-30H. The Morgan fingerprint density at radius 3 is 1.44 bits per heavy atom. The Kier molecular flexibility index (Phi) is 6.84. The molecule has 1 aromatic heterocycles. The summed E-state index contributed by atoms with van der Waals surface area (Å²) in [5.74, 6) is 0.713. The SMILES string of the molecule is c1ccc(-c2ccc(-c3ccc(-c4cc(-c5c6ccccc6cc6c5ccc5ccccc56)nc(-c5ccccc5)n4)cc3)cc2)cc1. The summed E-state index contributed by atoms with van der Waals surface area (Å²) in [6.45, 7) is 0. The molecule has 0 fully saturated rings. The Morgan fingerprint density at radius 1 is 0.271 bits per heavy atom. The lowest BCUT2D eigenvalue weighted by Crippen LogP contribution is -1.97. The summed E-state index contributed by atoms with van der Waals surface area (Å²) in [7, 11) is 0. The van der Waals surface area contributed by atoms with E-state index in [1.54, 1.807) is 0 Å². The van der Waals surface area contributed by atoms with Crippen LogP contribution >= 0.6 is 0 Å². The van der Waals surface area contributed by atoms with Gasteiger partial charge in [-0.05, 0) is 66.7 Å². The minimum absolute atomic E-state index is 0.713. The van der Waals surface area contributed by atoms with Gasteiger partial charge >= 0.3 is 0 Å². The fraction of sp³-hybridized carbons (Fsp3) is 0. The van der Waals surface area contributed by atoms with Crippen molar-refractivity contribution in [3.05, 3.63) is 182 Å². The zero-order valence-corrected chi connectivity index (χ0v) is 26.2. The summed E-state index contributed by atoms with van der Waals surface area (Å²) in [4.78, 5) is 10.4. The van der Waals surface area contributed by atoms with Crippen molar-refractivity contribution in [2.45, 2.75) is 0 Å². The summed E-state index contributed by atoms with van der Waals surface area (Å²) in [5.41, 5.74) is 9.77. The maximum absolute atomic E-state index is 5.27. The molecule has 0 atom stereocenters. The molecule has 0 N–H and O–H groups in total. The van der Waals surface area contributed by atoms with Crippen LogP contribution in [0.3, 0.4) is 0 Å². The van der Waals surface area contributed by atoms with Crippen molar-refractivity contribution in [2.75, 3.05) is 0 Å². The average molecular weight is 611 g/mol. The molecule has 2 nitrogen and oxygen atoms in total. The second-order valence-corrected chi connectivity index (χ2v) is 12.2. The average Bonchev–Trinajstić information content (AvgIpc) is 3.17. The molecule has 0 aliphatic rings. The van der Waals surface area contributed by atoms with Gasteiger partial charge in [0.1, 0.15) is 0 Å². The lowest BCUT2D eigenvalue weighted by atomic mass is 9.91. The van der Waals surface area contributed by atoms with Gasteiger partial charge in [0.15, 0.2) is 5.82 Å². The summed E-state index contributed by atoms with van der Waals surface area (Å²) < 4.78 is 0. The number of aromatic nitrogens is 2. The van der Waals surface area contributed by atoms with Crippen LogP contribution in [0.5, 0.6) is 0 Å². The van der Waals surface area contributed by atoms with Crippen LogP contribution in [0.1, 0.15) is 0 Å². The molecule has 2 heteroatoms. The molecule has 0 amide bonds. The second-order valence-electron chi connectivity index (χ2n) is 12.2. The Bertz CT molecular complexity index is 2570. The van der Waals surface area contributed by atoms with Crippen LogP contribution in [0.15, 0.2) is 182 Å². The Labute approximate surface area is 279 Å². The molecule has 0 bridgehead atoms. The van der Waals surface area contributed by atoms with Crippen molar-refractivity contribution < 1.29 is 0 Å². The van der Waals surface area contributed by atoms with Gasteiger partial charge in [0.25, 0.3) is 0 Å². The predicted octanol–water partition coefficient (Wildman–Crippen LogP) is 12.3. The van der Waals surface area contributed by atoms with Gasteiger partial charge in [0.05, 0.1) is 11.4 Å². The van der Waals surface area contributed by atoms with Crippen molar-refractivity contribution in [3.63, 3.8) is 0 Å². The number of rotatable bonds is 5. The largest absolute Gasteiger partial charge is 0.228 e. The number of nitrogens with zero attached hydrogens (tertiary/aromatic N) is 2. The van der Waals surface area contributed by atoms with Crippen LogP contribution in [-0.4, -0.2) is 9.97 Å². The molecule has 9 aromatic rings. The summed E-state index contributed by atoms with van der Waals surface area (Å²) in [5, 5.41) is 7.26. The van der Waals surface area contributed by atoms with E-state index in [4.69, 9.17) is 9.97 Å². The quantitative estimate of drug-likeness (QED) is 0.143. The van der Waals surface area contributed by atoms with Gasteiger partial charge in [-0.3, -0.25) is 0 Å². The van der Waals surface area contributed by atoms with Gasteiger partial charge in [0, 0.05) is 16.7 Å². The van der Waals surface area contributed by atoms with Gasteiger partial charge in [-0.2, -0.15) is 0 Å². The molecular weight excluding hydrogens is 581 g/mol. The molecule has 0 aliphatic carbocycles. The van der Waals surface area contributed by atoms with Gasteiger partial charge < -0.3 is 0 Å². The number of hydrogen-bond acceptors (Lipinski definition) is 2. The zero-order valence-electron chi connectivity index (χ0n) is 26.2. The van der Waals surface area contributed by atoms with Gasteiger partial charge in [0.2, 0.25) is 0 Å². The highest BCUT2D eigenvalue weighted by molar-refractivity contribution is 6.19. The van der Waals surface area contributed by atoms with Gasteiger partial charge in [-0.15, -0.1) is 0 Å². The highest BCUT2D eigenvalue weighted by Gasteiger charge is 2.17. The number of hydrogen-bond donors (Lipinski definition) is 0. The Hall–Kier alpha value is -6.38. The van der Waals surface area contributed by atoms with E-state index in [1.165, 1.54) is 54.6 Å². The smallest absolute Gasteiger partial charge is 0.160 e. The molecular formula is C46H30N2. The van der Waals surface area contributed by atoms with Gasteiger partial charge in [-0.25, -0.2) is 9.97 Å². The summed E-state index contributed by atoms with van der Waals surface area (Å²) in [6.07, 6.45) is 0. The second kappa shape index (κ2) is 11.8. The maximum atomic E-state index is 5.27. The van der Waals surface area contributed by atoms with Crippen LogP contribution in [0, 0.1) is 0 Å². The first kappa shape index (κ1) is 27.9. The third kappa shape index (κ3) is 5.01. The van der Waals surface area contributed by atoms with E-state index in [9.17, 15) is 0 Å². The zero-order chi connectivity index (χ0) is 31.9. The topological polar surface area (TPSA) is 25.8 Å². The van der Waals surface area contributed by atoms with Crippen LogP contribution in [0.4, 0.5) is 0 Å². The summed E-state index contributed by atoms with van der Waals surface area (Å²) in [6, 6.07) is 64.5. The molecule has 48 heavy (non-hydrogen) atoms. The van der Waals surface area contributed by atoms with Crippen molar-refractivity contribution in [3.8, 4) is 56.2 Å². The lowest BCUT2D eigenvalue weighted by molar-refractivity contribution is 1.19. The number of fused-ring (bicyclic) bond motifs is 4. The third-order valence-electron chi connectivity index (χ3n) is 9.29. The molecule has 9 rings (SSSR count). The first-order valence-electron chi connectivity index (χ1n) is 16.3. The molecule has 1 heterocycles. The minimum atomic E-state index is 0.713. The molecule has 224 valence electrons. The summed E-state index contributed by atoms with van der Waals surface area (Å²) >= 11 is 0. The molecule has 0 spiro atoms. The monoisotopic (exact) mass is 610 g/mol. The maximum Gasteiger partial charge on any atom is 0.160 e. The van der Waals surface area contributed by atoms with Crippen molar-refractivity contribution in [2.24, 2.45) is 0 Å². The fourth-order valence-electron chi connectivity index (χ4n) is 6.85. The van der Waals surface area contributed by atoms with Crippen molar-refractivity contribution >= 4 is 32.3 Å². The van der Waals surface area contributed by atoms with E-state index in [0.717, 1.165) is 28.1 Å². The first-order chi connectivity index (χ1) is 23.8. The Morgan fingerprint density at radius 2 is 0.771 bits per heavy atom. The molecule has 0 radical (unpaired) electrons. The lowest BCUT2D eigenvalue weighted by Gasteiger charge is -2.15. The third-order valence-corrected chi connectivity index (χ3v) is 9.29. The van der Waals surface area contributed by atoms with Crippen LogP contribution in [0.25, 0.3) is 88.5 Å². The van der Waals surface area contributed by atoms with Crippen LogP contribution in [-0.2, 0) is 0 Å². The number of benzene rings is 8. The highest BCUT2D eigenvalue weighted by atomic mass is 14.9. The first-order valence-corrected chi connectivity index (χ1v) is 16.3. The van der Waals surface area contributed by atoms with Crippen molar-refractivity contribution in [1.29, 1.82) is 0 Å². The molecule has 0 saturated carbocycles. The van der Waals surface area contributed by atoms with Gasteiger partial charge in [-0.1, -0.05) is 170 Å². The molecule has 0 saturated heterocycles. The fourth-order valence-corrected chi connectivity index (χ4v) is 6.85. The molecule has 0 aliphatic heterocycles. The van der Waals surface area contributed by atoms with E-state index in [0.29, 0.717) is 5.82 Å². The predicted molar refractivity (Wildman–Crippen MR) is 202 cm³/mol. The van der Waals surface area contributed by atoms with E-state index < -0.39 is 0 Å². The van der Waals surface area contributed by atoms with E-state index in [1.807, 2.05) is 18.2 Å². The van der Waals surface area contributed by atoms with E-state index in [-0.39, 0.29) is 0 Å². The van der Waals surface area contributed by atoms with E-state index in [2.05, 4.69) is 164 Å². The van der Waals surface area contributed by atoms with Crippen LogP contribution < -0.4 is 0 Å². The normalized spacial score (nSPS) is 11.3.